The van der Waals surface area contributed by atoms with E-state index in [-0.39, 0.29) is 0 Å². The molecule has 0 atom stereocenters. The van der Waals surface area contributed by atoms with Gasteiger partial charge in [-0.2, -0.15) is 0 Å². The Morgan fingerprint density at radius 3 is 2.64 bits per heavy atom. The summed E-state index contributed by atoms with van der Waals surface area (Å²) in [6.07, 6.45) is 1.95. The molecule has 1 aromatic rings. The highest BCUT2D eigenvalue weighted by molar-refractivity contribution is 7.98. The molecule has 0 amide bonds. The van der Waals surface area contributed by atoms with Crippen LogP contribution in [-0.2, 0) is 0 Å². The summed E-state index contributed by atoms with van der Waals surface area (Å²) in [4.78, 5) is 1.04. The zero-order chi connectivity index (χ0) is 8.27. The van der Waals surface area contributed by atoms with Crippen molar-refractivity contribution in [1.82, 2.24) is 0 Å². The van der Waals surface area contributed by atoms with Crippen LogP contribution < -0.4 is 5.46 Å². The summed E-state index contributed by atoms with van der Waals surface area (Å²) in [7, 11) is -1.36. The highest BCUT2D eigenvalue weighted by Crippen LogP contribution is 2.11. The molecule has 0 aliphatic heterocycles. The van der Waals surface area contributed by atoms with Crippen LogP contribution in [0.15, 0.2) is 29.2 Å². The molecule has 0 unspecified atom stereocenters. The molecule has 0 radical (unpaired) electrons. The summed E-state index contributed by atoms with van der Waals surface area (Å²) in [6, 6.07) is 7.18. The van der Waals surface area contributed by atoms with E-state index in [0.717, 1.165) is 4.90 Å². The topological polar surface area (TPSA) is 40.5 Å². The molecule has 4 heteroatoms. The Labute approximate surface area is 70.4 Å². The van der Waals surface area contributed by atoms with E-state index >= 15 is 0 Å². The molecule has 0 saturated heterocycles. The van der Waals surface area contributed by atoms with Gasteiger partial charge in [-0.15, -0.1) is 11.8 Å². The maximum atomic E-state index is 8.79. The van der Waals surface area contributed by atoms with Crippen LogP contribution in [0.5, 0.6) is 0 Å². The van der Waals surface area contributed by atoms with Crippen molar-refractivity contribution in [1.29, 1.82) is 0 Å². The van der Waals surface area contributed by atoms with Gasteiger partial charge < -0.3 is 10.0 Å². The summed E-state index contributed by atoms with van der Waals surface area (Å²) < 4.78 is 0. The van der Waals surface area contributed by atoms with E-state index in [1.165, 1.54) is 0 Å². The highest BCUT2D eigenvalue weighted by Gasteiger charge is 2.09. The number of thioether (sulfide) groups is 1. The molecule has 0 spiro atoms. The lowest BCUT2D eigenvalue weighted by atomic mass is 9.81. The third-order valence-electron chi connectivity index (χ3n) is 1.39. The second-order valence-corrected chi connectivity index (χ2v) is 3.03. The van der Waals surface area contributed by atoms with Crippen LogP contribution in [0, 0.1) is 0 Å². The largest absolute Gasteiger partial charge is 0.488 e. The highest BCUT2D eigenvalue weighted by atomic mass is 32.2. The zero-order valence-electron chi connectivity index (χ0n) is 6.19. The average molecular weight is 168 g/mol. The zero-order valence-corrected chi connectivity index (χ0v) is 7.01. The van der Waals surface area contributed by atoms with Crippen molar-refractivity contribution >= 4 is 24.3 Å². The molecule has 11 heavy (non-hydrogen) atoms. The first-order valence-electron chi connectivity index (χ1n) is 3.24. The van der Waals surface area contributed by atoms with Crippen molar-refractivity contribution in [3.8, 4) is 0 Å². The van der Waals surface area contributed by atoms with E-state index in [1.54, 1.807) is 30.0 Å². The second-order valence-electron chi connectivity index (χ2n) is 2.15. The SMILES string of the molecule is CSc1cccc(B(O)O)c1. The first-order chi connectivity index (χ1) is 5.24. The summed E-state index contributed by atoms with van der Waals surface area (Å²) in [6.45, 7) is 0. The maximum Gasteiger partial charge on any atom is 0.488 e. The lowest BCUT2D eigenvalue weighted by molar-refractivity contribution is 0.425. The Morgan fingerprint density at radius 1 is 1.36 bits per heavy atom. The summed E-state index contributed by atoms with van der Waals surface area (Å²) in [5.41, 5.74) is 0.539. The Kier molecular flexibility index (Phi) is 2.99. The molecule has 58 valence electrons. The normalized spacial score (nSPS) is 9.73. The lowest BCUT2D eigenvalue weighted by Crippen LogP contribution is -2.29. The molecular formula is C7H9BO2S. The van der Waals surface area contributed by atoms with Crippen molar-refractivity contribution in [2.24, 2.45) is 0 Å². The second kappa shape index (κ2) is 3.81. The van der Waals surface area contributed by atoms with Crippen molar-refractivity contribution < 1.29 is 10.0 Å². The van der Waals surface area contributed by atoms with Gasteiger partial charge in [0.05, 0.1) is 0 Å². The minimum Gasteiger partial charge on any atom is -0.423 e. The van der Waals surface area contributed by atoms with Gasteiger partial charge in [-0.1, -0.05) is 12.1 Å². The van der Waals surface area contributed by atoms with Gasteiger partial charge in [0.2, 0.25) is 0 Å². The standard InChI is InChI=1S/C7H9BO2S/c1-11-7-4-2-3-6(5-7)8(9)10/h2-5,9-10H,1H3. The fraction of sp³-hybridized carbons (Fsp3) is 0.143. The molecule has 0 bridgehead atoms. The van der Waals surface area contributed by atoms with Crippen LogP contribution in [0.1, 0.15) is 0 Å². The van der Waals surface area contributed by atoms with E-state index < -0.39 is 7.12 Å². The van der Waals surface area contributed by atoms with Crippen molar-refractivity contribution in [3.05, 3.63) is 24.3 Å². The van der Waals surface area contributed by atoms with Gasteiger partial charge in [-0.3, -0.25) is 0 Å². The summed E-state index contributed by atoms with van der Waals surface area (Å²) in [5.74, 6) is 0. The van der Waals surface area contributed by atoms with Crippen LogP contribution >= 0.6 is 11.8 Å². The molecule has 0 aromatic heterocycles. The Morgan fingerprint density at radius 2 is 2.09 bits per heavy atom. The number of hydrogen-bond acceptors (Lipinski definition) is 3. The average Bonchev–Trinajstić information content (AvgIpc) is 2.05. The van der Waals surface area contributed by atoms with Gasteiger partial charge in [0.25, 0.3) is 0 Å². The van der Waals surface area contributed by atoms with Crippen molar-refractivity contribution in [2.45, 2.75) is 4.90 Å². The Balaban J connectivity index is 2.91. The fourth-order valence-electron chi connectivity index (χ4n) is 0.802. The molecule has 2 nitrogen and oxygen atoms in total. The molecular weight excluding hydrogens is 159 g/mol. The van der Waals surface area contributed by atoms with Crippen LogP contribution in [0.2, 0.25) is 0 Å². The van der Waals surface area contributed by atoms with Gasteiger partial charge >= 0.3 is 7.12 Å². The Hall–Kier alpha value is -0.445. The molecule has 0 aliphatic carbocycles. The van der Waals surface area contributed by atoms with Gasteiger partial charge in [-0.05, 0) is 23.9 Å². The summed E-state index contributed by atoms with van der Waals surface area (Å²) in [5, 5.41) is 17.6. The summed E-state index contributed by atoms with van der Waals surface area (Å²) >= 11 is 1.58. The Bertz CT molecular complexity index is 240. The van der Waals surface area contributed by atoms with Gasteiger partial charge in [0, 0.05) is 4.90 Å². The number of hydrogen-bond donors (Lipinski definition) is 2. The molecule has 0 heterocycles. The predicted molar refractivity (Wildman–Crippen MR) is 48.0 cm³/mol. The monoisotopic (exact) mass is 168 g/mol. The molecule has 1 aromatic carbocycles. The quantitative estimate of drug-likeness (QED) is 0.485. The molecule has 1 rings (SSSR count). The molecule has 0 aliphatic rings. The van der Waals surface area contributed by atoms with E-state index in [9.17, 15) is 0 Å². The van der Waals surface area contributed by atoms with Gasteiger partial charge in [-0.25, -0.2) is 0 Å². The van der Waals surface area contributed by atoms with Crippen molar-refractivity contribution in [3.63, 3.8) is 0 Å². The predicted octanol–water partition coefficient (Wildman–Crippen LogP) is 0.0883. The molecule has 0 saturated carbocycles. The van der Waals surface area contributed by atoms with Gasteiger partial charge in [0.1, 0.15) is 0 Å². The third-order valence-corrected chi connectivity index (χ3v) is 2.12. The number of rotatable bonds is 2. The van der Waals surface area contributed by atoms with E-state index in [4.69, 9.17) is 10.0 Å². The minimum absolute atomic E-state index is 0.539. The van der Waals surface area contributed by atoms with E-state index in [1.807, 2.05) is 12.3 Å². The van der Waals surface area contributed by atoms with Crippen LogP contribution in [0.25, 0.3) is 0 Å². The lowest BCUT2D eigenvalue weighted by Gasteiger charge is -2.00. The van der Waals surface area contributed by atoms with Crippen LogP contribution in [0.4, 0.5) is 0 Å². The molecule has 2 N–H and O–H groups in total. The molecule has 0 fully saturated rings. The first kappa shape index (κ1) is 8.65. The first-order valence-corrected chi connectivity index (χ1v) is 4.46. The van der Waals surface area contributed by atoms with Crippen LogP contribution in [-0.4, -0.2) is 23.4 Å². The van der Waals surface area contributed by atoms with Crippen molar-refractivity contribution in [2.75, 3.05) is 6.26 Å². The maximum absolute atomic E-state index is 8.79. The third kappa shape index (κ3) is 2.25. The van der Waals surface area contributed by atoms with Crippen LogP contribution in [0.3, 0.4) is 0 Å². The van der Waals surface area contributed by atoms with E-state index in [2.05, 4.69) is 0 Å². The van der Waals surface area contributed by atoms with E-state index in [0.29, 0.717) is 5.46 Å². The fourth-order valence-corrected chi connectivity index (χ4v) is 1.27. The van der Waals surface area contributed by atoms with Gasteiger partial charge in [0.15, 0.2) is 0 Å². The smallest absolute Gasteiger partial charge is 0.423 e. The minimum atomic E-state index is -1.36. The number of benzene rings is 1.